The van der Waals surface area contributed by atoms with E-state index in [0.29, 0.717) is 6.04 Å². The van der Waals surface area contributed by atoms with Gasteiger partial charge in [0.1, 0.15) is 5.75 Å². The van der Waals surface area contributed by atoms with Crippen LogP contribution in [0.5, 0.6) is 5.75 Å². The fraction of sp³-hybridized carbons (Fsp3) is 0.538. The van der Waals surface area contributed by atoms with Gasteiger partial charge in [-0.1, -0.05) is 6.42 Å². The van der Waals surface area contributed by atoms with E-state index in [-0.39, 0.29) is 12.4 Å². The molecule has 2 aliphatic rings. The minimum Gasteiger partial charge on any atom is -0.497 e. The molecule has 1 saturated carbocycles. The first-order chi connectivity index (χ1) is 7.36. The molecule has 0 saturated heterocycles. The van der Waals surface area contributed by atoms with E-state index in [1.807, 2.05) is 6.07 Å². The van der Waals surface area contributed by atoms with Crippen LogP contribution in [0.15, 0.2) is 18.2 Å². The number of ether oxygens (including phenoxy) is 1. The Balaban J connectivity index is 0.000000963. The number of hydrogen-bond donors (Lipinski definition) is 1. The lowest BCUT2D eigenvalue weighted by atomic mass is 9.77. The minimum absolute atomic E-state index is 0. The number of anilines is 1. The topological polar surface area (TPSA) is 21.3 Å². The van der Waals surface area contributed by atoms with Gasteiger partial charge in [0.2, 0.25) is 0 Å². The van der Waals surface area contributed by atoms with Crippen molar-refractivity contribution in [3.8, 4) is 5.75 Å². The fourth-order valence-corrected chi connectivity index (χ4v) is 2.96. The molecule has 0 radical (unpaired) electrons. The van der Waals surface area contributed by atoms with Gasteiger partial charge in [-0.25, -0.2) is 0 Å². The van der Waals surface area contributed by atoms with Crippen molar-refractivity contribution in [1.82, 2.24) is 0 Å². The molecule has 1 aliphatic carbocycles. The van der Waals surface area contributed by atoms with Gasteiger partial charge in [-0.3, -0.25) is 0 Å². The van der Waals surface area contributed by atoms with Crippen LogP contribution in [-0.4, -0.2) is 13.2 Å². The third kappa shape index (κ3) is 1.86. The highest BCUT2D eigenvalue weighted by molar-refractivity contribution is 5.85. The van der Waals surface area contributed by atoms with Crippen LogP contribution in [0.25, 0.3) is 0 Å². The Morgan fingerprint density at radius 1 is 1.31 bits per heavy atom. The molecule has 1 heterocycles. The van der Waals surface area contributed by atoms with E-state index in [0.717, 1.165) is 11.7 Å². The van der Waals surface area contributed by atoms with Crippen molar-refractivity contribution >= 4 is 18.1 Å². The van der Waals surface area contributed by atoms with Crippen LogP contribution in [0.3, 0.4) is 0 Å². The first-order valence-corrected chi connectivity index (χ1v) is 5.81. The Hall–Kier alpha value is -0.890. The average Bonchev–Trinajstić information content (AvgIpc) is 2.29. The maximum absolute atomic E-state index is 5.29. The summed E-state index contributed by atoms with van der Waals surface area (Å²) in [6, 6.07) is 7.13. The summed E-state index contributed by atoms with van der Waals surface area (Å²) in [7, 11) is 1.74. The van der Waals surface area contributed by atoms with E-state index >= 15 is 0 Å². The summed E-state index contributed by atoms with van der Waals surface area (Å²) in [5.41, 5.74) is 2.79. The Labute approximate surface area is 103 Å². The number of halogens is 1. The molecule has 3 rings (SSSR count). The third-order valence-electron chi connectivity index (χ3n) is 3.73. The predicted octanol–water partition coefficient (Wildman–Crippen LogP) is 3.57. The summed E-state index contributed by atoms with van der Waals surface area (Å²) in [6.07, 6.45) is 5.35. The van der Waals surface area contributed by atoms with E-state index in [9.17, 15) is 0 Å². The van der Waals surface area contributed by atoms with Crippen LogP contribution >= 0.6 is 12.4 Å². The van der Waals surface area contributed by atoms with Gasteiger partial charge in [0.05, 0.1) is 7.11 Å². The van der Waals surface area contributed by atoms with Crippen LogP contribution in [0, 0.1) is 0 Å². The van der Waals surface area contributed by atoms with Crippen molar-refractivity contribution in [3.05, 3.63) is 23.8 Å². The van der Waals surface area contributed by atoms with Crippen molar-refractivity contribution < 1.29 is 4.74 Å². The SMILES string of the molecule is COc1ccc2c(c1)C1CCCC(C1)N2.Cl. The zero-order valence-corrected chi connectivity index (χ0v) is 10.3. The maximum Gasteiger partial charge on any atom is 0.119 e. The number of methoxy groups -OCH3 is 1. The Bertz CT molecular complexity index is 380. The second kappa shape index (κ2) is 4.54. The number of benzene rings is 1. The normalized spacial score (nSPS) is 26.1. The van der Waals surface area contributed by atoms with Crippen LogP contribution in [0.4, 0.5) is 5.69 Å². The van der Waals surface area contributed by atoms with Gasteiger partial charge < -0.3 is 10.1 Å². The maximum atomic E-state index is 5.29. The van der Waals surface area contributed by atoms with Gasteiger partial charge in [0.25, 0.3) is 0 Å². The number of hydrogen-bond acceptors (Lipinski definition) is 2. The molecule has 2 nitrogen and oxygen atoms in total. The zero-order valence-electron chi connectivity index (χ0n) is 9.53. The highest BCUT2D eigenvalue weighted by Gasteiger charge is 2.29. The van der Waals surface area contributed by atoms with Crippen LogP contribution in [0.1, 0.15) is 37.2 Å². The summed E-state index contributed by atoms with van der Waals surface area (Å²) < 4.78 is 5.29. The second-order valence-electron chi connectivity index (χ2n) is 4.66. The number of nitrogens with one attached hydrogen (secondary N) is 1. The van der Waals surface area contributed by atoms with Gasteiger partial charge in [-0.2, -0.15) is 0 Å². The molecule has 88 valence electrons. The molecular weight excluding hydrogens is 222 g/mol. The molecule has 0 aromatic heterocycles. The average molecular weight is 240 g/mol. The largest absolute Gasteiger partial charge is 0.497 e. The molecule has 1 aromatic carbocycles. The predicted molar refractivity (Wildman–Crippen MR) is 68.9 cm³/mol. The van der Waals surface area contributed by atoms with Crippen molar-refractivity contribution in [2.45, 2.75) is 37.6 Å². The van der Waals surface area contributed by atoms with Crippen molar-refractivity contribution in [2.75, 3.05) is 12.4 Å². The molecule has 3 heteroatoms. The van der Waals surface area contributed by atoms with Gasteiger partial charge in [0, 0.05) is 11.7 Å². The summed E-state index contributed by atoms with van der Waals surface area (Å²) in [5.74, 6) is 1.75. The summed E-state index contributed by atoms with van der Waals surface area (Å²) >= 11 is 0. The van der Waals surface area contributed by atoms with Gasteiger partial charge in [-0.05, 0) is 48.9 Å². The van der Waals surface area contributed by atoms with E-state index in [2.05, 4.69) is 17.4 Å². The molecular formula is C13H18ClNO. The Kier molecular flexibility index (Phi) is 3.29. The second-order valence-corrected chi connectivity index (χ2v) is 4.66. The zero-order chi connectivity index (χ0) is 10.3. The third-order valence-corrected chi connectivity index (χ3v) is 3.73. The minimum atomic E-state index is 0. The van der Waals surface area contributed by atoms with Gasteiger partial charge in [0.15, 0.2) is 0 Å². The Morgan fingerprint density at radius 2 is 2.19 bits per heavy atom. The van der Waals surface area contributed by atoms with Gasteiger partial charge >= 0.3 is 0 Å². The summed E-state index contributed by atoms with van der Waals surface area (Å²) in [4.78, 5) is 0. The van der Waals surface area contributed by atoms with Crippen LogP contribution < -0.4 is 10.1 Å². The molecule has 2 atom stereocenters. The lowest BCUT2D eigenvalue weighted by molar-refractivity contribution is 0.390. The van der Waals surface area contributed by atoms with E-state index in [1.165, 1.54) is 36.9 Å². The molecule has 0 spiro atoms. The summed E-state index contributed by atoms with van der Waals surface area (Å²) in [5, 5.41) is 3.62. The number of rotatable bonds is 1. The summed E-state index contributed by atoms with van der Waals surface area (Å²) in [6.45, 7) is 0. The monoisotopic (exact) mass is 239 g/mol. The molecule has 0 amide bonds. The standard InChI is InChI=1S/C13H17NO.ClH/c1-15-11-5-6-13-12(8-11)9-3-2-4-10(7-9)14-13;/h5-6,8-10,14H,2-4,7H2,1H3;1H. The Morgan fingerprint density at radius 3 is 3.00 bits per heavy atom. The molecule has 16 heavy (non-hydrogen) atoms. The van der Waals surface area contributed by atoms with Gasteiger partial charge in [-0.15, -0.1) is 12.4 Å². The van der Waals surface area contributed by atoms with E-state index in [4.69, 9.17) is 4.74 Å². The van der Waals surface area contributed by atoms with E-state index < -0.39 is 0 Å². The van der Waals surface area contributed by atoms with Crippen LogP contribution in [-0.2, 0) is 0 Å². The van der Waals surface area contributed by atoms with Crippen molar-refractivity contribution in [3.63, 3.8) is 0 Å². The van der Waals surface area contributed by atoms with Crippen LogP contribution in [0.2, 0.25) is 0 Å². The molecule has 2 bridgehead atoms. The first-order valence-electron chi connectivity index (χ1n) is 5.81. The molecule has 1 fully saturated rings. The smallest absolute Gasteiger partial charge is 0.119 e. The quantitative estimate of drug-likeness (QED) is 0.809. The lowest BCUT2D eigenvalue weighted by Crippen LogP contribution is -2.31. The lowest BCUT2D eigenvalue weighted by Gasteiger charge is -2.37. The highest BCUT2D eigenvalue weighted by atomic mass is 35.5. The molecule has 1 N–H and O–H groups in total. The van der Waals surface area contributed by atoms with Crippen molar-refractivity contribution in [1.29, 1.82) is 0 Å². The highest BCUT2D eigenvalue weighted by Crippen LogP contribution is 2.43. The molecule has 1 aromatic rings. The first kappa shape index (κ1) is 11.6. The van der Waals surface area contributed by atoms with Crippen molar-refractivity contribution in [2.24, 2.45) is 0 Å². The number of fused-ring (bicyclic) bond motifs is 4. The molecule has 1 aliphatic heterocycles. The molecule has 2 unspecified atom stereocenters. The fourth-order valence-electron chi connectivity index (χ4n) is 2.96. The van der Waals surface area contributed by atoms with E-state index in [1.54, 1.807) is 7.11 Å².